The Labute approximate surface area is 154 Å². The molecule has 1 aromatic rings. The Balaban J connectivity index is 1.23. The quantitative estimate of drug-likeness (QED) is 0.615. The lowest BCUT2D eigenvalue weighted by Gasteiger charge is -2.21. The average Bonchev–Trinajstić information content (AvgIpc) is 3.22. The Morgan fingerprint density at radius 1 is 1.27 bits per heavy atom. The first kappa shape index (κ1) is 17.5. The van der Waals surface area contributed by atoms with Gasteiger partial charge in [-0.3, -0.25) is 4.99 Å². The fraction of sp³-hybridized carbons (Fsp3) is 0.684. The molecule has 2 unspecified atom stereocenters. The zero-order chi connectivity index (χ0) is 17.9. The van der Waals surface area contributed by atoms with E-state index in [1.54, 1.807) is 12.3 Å². The van der Waals surface area contributed by atoms with Gasteiger partial charge in [-0.05, 0) is 50.3 Å². The number of hydrogen-bond acceptors (Lipinski definition) is 4. The largest absolute Gasteiger partial charge is 0.356 e. The second kappa shape index (κ2) is 7.78. The number of likely N-dealkylation sites (tertiary alicyclic amines) is 1. The van der Waals surface area contributed by atoms with Crippen molar-refractivity contribution in [2.24, 2.45) is 10.9 Å². The van der Waals surface area contributed by atoms with Crippen molar-refractivity contribution in [2.45, 2.75) is 37.8 Å². The summed E-state index contributed by atoms with van der Waals surface area (Å²) in [6, 6.07) is 4.22. The van der Waals surface area contributed by atoms with Gasteiger partial charge in [0.05, 0.1) is 0 Å². The number of hydrogen-bond donors (Lipinski definition) is 2. The first-order valence-electron chi connectivity index (χ1n) is 9.79. The van der Waals surface area contributed by atoms with E-state index < -0.39 is 0 Å². The SMILES string of the molecule is CN=C(NCC1CCN(C2CC2)C1)NC1CCN(c2ncccc2F)C1. The molecule has 1 saturated carbocycles. The molecule has 2 saturated heterocycles. The number of nitrogens with zero attached hydrogens (tertiary/aromatic N) is 4. The van der Waals surface area contributed by atoms with Crippen molar-refractivity contribution in [3.05, 3.63) is 24.1 Å². The highest BCUT2D eigenvalue weighted by atomic mass is 19.1. The summed E-state index contributed by atoms with van der Waals surface area (Å²) in [4.78, 5) is 13.2. The lowest BCUT2D eigenvalue weighted by Crippen LogP contribution is -2.46. The number of anilines is 1. The number of pyridine rings is 1. The van der Waals surface area contributed by atoms with Crippen molar-refractivity contribution in [3.8, 4) is 0 Å². The first-order valence-corrected chi connectivity index (χ1v) is 9.79. The van der Waals surface area contributed by atoms with E-state index in [2.05, 4.69) is 25.5 Å². The molecule has 0 radical (unpaired) electrons. The predicted octanol–water partition coefficient (Wildman–Crippen LogP) is 1.45. The summed E-state index contributed by atoms with van der Waals surface area (Å²) in [5.74, 6) is 1.75. The minimum atomic E-state index is -0.253. The third-order valence-electron chi connectivity index (χ3n) is 5.73. The molecule has 2 N–H and O–H groups in total. The fourth-order valence-electron chi connectivity index (χ4n) is 4.11. The smallest absolute Gasteiger partial charge is 0.191 e. The van der Waals surface area contributed by atoms with E-state index in [0.717, 1.165) is 38.1 Å². The van der Waals surface area contributed by atoms with Crippen LogP contribution in [0.25, 0.3) is 0 Å². The van der Waals surface area contributed by atoms with E-state index in [1.807, 2.05) is 11.9 Å². The molecule has 0 spiro atoms. The Morgan fingerprint density at radius 3 is 2.92 bits per heavy atom. The molecule has 7 heteroatoms. The van der Waals surface area contributed by atoms with Crippen LogP contribution in [0, 0.1) is 11.7 Å². The Bertz CT molecular complexity index is 647. The molecule has 142 valence electrons. The molecule has 26 heavy (non-hydrogen) atoms. The van der Waals surface area contributed by atoms with Gasteiger partial charge < -0.3 is 20.4 Å². The van der Waals surface area contributed by atoms with E-state index in [0.29, 0.717) is 11.7 Å². The number of nitrogens with one attached hydrogen (secondary N) is 2. The Morgan fingerprint density at radius 2 is 2.15 bits per heavy atom. The van der Waals surface area contributed by atoms with Gasteiger partial charge >= 0.3 is 0 Å². The highest BCUT2D eigenvalue weighted by molar-refractivity contribution is 5.80. The zero-order valence-corrected chi connectivity index (χ0v) is 15.5. The summed E-state index contributed by atoms with van der Waals surface area (Å²) in [7, 11) is 1.81. The minimum absolute atomic E-state index is 0.253. The van der Waals surface area contributed by atoms with Crippen LogP contribution >= 0.6 is 0 Å². The van der Waals surface area contributed by atoms with Gasteiger partial charge in [0.1, 0.15) is 0 Å². The second-order valence-electron chi connectivity index (χ2n) is 7.72. The van der Waals surface area contributed by atoms with Gasteiger partial charge in [0.15, 0.2) is 17.6 Å². The summed E-state index contributed by atoms with van der Waals surface area (Å²) >= 11 is 0. The van der Waals surface area contributed by atoms with Crippen LogP contribution in [0.5, 0.6) is 0 Å². The van der Waals surface area contributed by atoms with E-state index in [4.69, 9.17) is 0 Å². The Hall–Kier alpha value is -1.89. The molecular formula is C19H29FN6. The van der Waals surface area contributed by atoms with Gasteiger partial charge in [-0.25, -0.2) is 9.37 Å². The van der Waals surface area contributed by atoms with Crippen LogP contribution in [-0.2, 0) is 0 Å². The zero-order valence-electron chi connectivity index (χ0n) is 15.5. The number of halogens is 1. The maximum absolute atomic E-state index is 13.9. The van der Waals surface area contributed by atoms with Crippen molar-refractivity contribution in [3.63, 3.8) is 0 Å². The summed E-state index contributed by atoms with van der Waals surface area (Å²) < 4.78 is 13.9. The van der Waals surface area contributed by atoms with Crippen molar-refractivity contribution < 1.29 is 4.39 Å². The third-order valence-corrected chi connectivity index (χ3v) is 5.73. The van der Waals surface area contributed by atoms with E-state index in [-0.39, 0.29) is 11.9 Å². The van der Waals surface area contributed by atoms with Crippen molar-refractivity contribution in [2.75, 3.05) is 44.7 Å². The number of guanidine groups is 1. The summed E-state index contributed by atoms with van der Waals surface area (Å²) in [6.45, 7) is 4.98. The van der Waals surface area contributed by atoms with Crippen LogP contribution in [0.1, 0.15) is 25.7 Å². The maximum Gasteiger partial charge on any atom is 0.191 e. The lowest BCUT2D eigenvalue weighted by atomic mass is 10.1. The van der Waals surface area contributed by atoms with Crippen LogP contribution in [0.3, 0.4) is 0 Å². The molecule has 2 atom stereocenters. The van der Waals surface area contributed by atoms with Crippen LogP contribution < -0.4 is 15.5 Å². The standard InChI is InChI=1S/C19H29FN6/c1-21-19(23-11-14-6-9-25(12-14)16-4-5-16)24-15-7-10-26(13-15)18-17(20)3-2-8-22-18/h2-3,8,14-16H,4-7,9-13H2,1H3,(H2,21,23,24). The molecule has 4 rings (SSSR count). The van der Waals surface area contributed by atoms with Crippen molar-refractivity contribution in [1.29, 1.82) is 0 Å². The number of rotatable bonds is 5. The van der Waals surface area contributed by atoms with Crippen molar-refractivity contribution >= 4 is 11.8 Å². The third kappa shape index (κ3) is 4.09. The molecule has 3 heterocycles. The van der Waals surface area contributed by atoms with E-state index in [9.17, 15) is 4.39 Å². The number of aliphatic imine (C=N–C) groups is 1. The highest BCUT2D eigenvalue weighted by Crippen LogP contribution is 2.31. The van der Waals surface area contributed by atoms with Gasteiger partial charge in [0.25, 0.3) is 0 Å². The highest BCUT2D eigenvalue weighted by Gasteiger charge is 2.34. The molecule has 1 aromatic heterocycles. The van der Waals surface area contributed by atoms with Gasteiger partial charge in [-0.1, -0.05) is 0 Å². The van der Waals surface area contributed by atoms with Gasteiger partial charge in [-0.2, -0.15) is 0 Å². The molecular weight excluding hydrogens is 331 g/mol. The normalized spacial score (nSPS) is 27.2. The Kier molecular flexibility index (Phi) is 5.24. The maximum atomic E-state index is 13.9. The molecule has 0 amide bonds. The van der Waals surface area contributed by atoms with Gasteiger partial charge in [0, 0.05) is 51.5 Å². The fourth-order valence-corrected chi connectivity index (χ4v) is 4.11. The van der Waals surface area contributed by atoms with Crippen LogP contribution in [-0.4, -0.2) is 67.7 Å². The molecule has 6 nitrogen and oxygen atoms in total. The van der Waals surface area contributed by atoms with E-state index in [1.165, 1.54) is 38.4 Å². The molecule has 2 aliphatic heterocycles. The first-order chi connectivity index (χ1) is 12.7. The predicted molar refractivity (Wildman–Crippen MR) is 102 cm³/mol. The lowest BCUT2D eigenvalue weighted by molar-refractivity contribution is 0.314. The second-order valence-corrected chi connectivity index (χ2v) is 7.72. The van der Waals surface area contributed by atoms with Crippen LogP contribution in [0.2, 0.25) is 0 Å². The monoisotopic (exact) mass is 360 g/mol. The topological polar surface area (TPSA) is 55.8 Å². The summed E-state index contributed by atoms with van der Waals surface area (Å²) in [6.07, 6.45) is 6.65. The molecule has 0 aromatic carbocycles. The molecule has 1 aliphatic carbocycles. The molecule has 0 bridgehead atoms. The summed E-state index contributed by atoms with van der Waals surface area (Å²) in [5.41, 5.74) is 0. The number of aromatic nitrogens is 1. The summed E-state index contributed by atoms with van der Waals surface area (Å²) in [5, 5.41) is 6.98. The molecule has 3 fully saturated rings. The van der Waals surface area contributed by atoms with Gasteiger partial charge in [0.2, 0.25) is 0 Å². The van der Waals surface area contributed by atoms with Crippen LogP contribution in [0.4, 0.5) is 10.2 Å². The molecule has 3 aliphatic rings. The average molecular weight is 360 g/mol. The van der Waals surface area contributed by atoms with Crippen molar-refractivity contribution in [1.82, 2.24) is 20.5 Å². The van der Waals surface area contributed by atoms with E-state index >= 15 is 0 Å². The van der Waals surface area contributed by atoms with Crippen LogP contribution in [0.15, 0.2) is 23.3 Å². The van der Waals surface area contributed by atoms with Gasteiger partial charge in [-0.15, -0.1) is 0 Å². The minimum Gasteiger partial charge on any atom is -0.356 e.